The van der Waals surface area contributed by atoms with Gasteiger partial charge in [0.25, 0.3) is 5.91 Å². The normalized spacial score (nSPS) is 10.1. The van der Waals surface area contributed by atoms with Crippen molar-refractivity contribution in [3.05, 3.63) is 84.2 Å². The minimum absolute atomic E-state index is 0.297. The third-order valence-corrected chi connectivity index (χ3v) is 3.69. The topological polar surface area (TPSA) is 68.3 Å². The third kappa shape index (κ3) is 3.72. The molecule has 1 N–H and O–H groups in total. The fourth-order valence-electron chi connectivity index (χ4n) is 2.43. The van der Waals surface area contributed by atoms with E-state index in [2.05, 4.69) is 10.3 Å². The summed E-state index contributed by atoms with van der Waals surface area (Å²) in [5, 5.41) is 2.74. The maximum absolute atomic E-state index is 12.6. The van der Waals surface area contributed by atoms with Crippen LogP contribution in [0.2, 0.25) is 0 Å². The van der Waals surface area contributed by atoms with Crippen LogP contribution in [0.4, 0.5) is 5.69 Å². The van der Waals surface area contributed by atoms with Crippen molar-refractivity contribution in [3.8, 4) is 11.1 Å². The summed E-state index contributed by atoms with van der Waals surface area (Å²) in [5.74, 6) is -0.853. The molecule has 0 aliphatic heterocycles. The molecule has 0 saturated heterocycles. The highest BCUT2D eigenvalue weighted by Crippen LogP contribution is 2.21. The smallest absolute Gasteiger partial charge is 0.339 e. The van der Waals surface area contributed by atoms with E-state index >= 15 is 0 Å². The lowest BCUT2D eigenvalue weighted by Gasteiger charge is -2.10. The van der Waals surface area contributed by atoms with Gasteiger partial charge in [-0.1, -0.05) is 42.5 Å². The number of para-hydroxylation sites is 1. The molecule has 1 aromatic heterocycles. The minimum Gasteiger partial charge on any atom is -0.465 e. The standard InChI is InChI=1S/C20H16N2O3/c1-25-20(24)17-9-5-6-10-18(17)22-19(23)16-11-15(12-21-13-16)14-7-3-2-4-8-14/h2-13H,1H3,(H,22,23). The molecule has 0 radical (unpaired) electrons. The van der Waals surface area contributed by atoms with Crippen molar-refractivity contribution in [2.24, 2.45) is 0 Å². The molecule has 0 fully saturated rings. The second-order valence-electron chi connectivity index (χ2n) is 5.32. The molecule has 0 aliphatic rings. The summed E-state index contributed by atoms with van der Waals surface area (Å²) >= 11 is 0. The summed E-state index contributed by atoms with van der Waals surface area (Å²) < 4.78 is 4.74. The molecule has 0 spiro atoms. The number of ether oxygens (including phenoxy) is 1. The van der Waals surface area contributed by atoms with Crippen molar-refractivity contribution in [1.82, 2.24) is 4.98 Å². The Labute approximate surface area is 145 Å². The molecule has 5 heteroatoms. The van der Waals surface area contributed by atoms with Crippen LogP contribution < -0.4 is 5.32 Å². The number of nitrogens with one attached hydrogen (secondary N) is 1. The average Bonchev–Trinajstić information content (AvgIpc) is 2.68. The van der Waals surface area contributed by atoms with Crippen LogP contribution >= 0.6 is 0 Å². The van der Waals surface area contributed by atoms with Gasteiger partial charge in [-0.3, -0.25) is 9.78 Å². The molecule has 124 valence electrons. The molecular formula is C20H16N2O3. The number of carbonyl (C=O) groups is 2. The van der Waals surface area contributed by atoms with Crippen molar-refractivity contribution in [3.63, 3.8) is 0 Å². The number of hydrogen-bond acceptors (Lipinski definition) is 4. The summed E-state index contributed by atoms with van der Waals surface area (Å²) in [6.07, 6.45) is 3.19. The molecule has 1 heterocycles. The second-order valence-corrected chi connectivity index (χ2v) is 5.32. The van der Waals surface area contributed by atoms with Crippen LogP contribution in [0.3, 0.4) is 0 Å². The zero-order valence-corrected chi connectivity index (χ0v) is 13.6. The van der Waals surface area contributed by atoms with Crippen molar-refractivity contribution in [1.29, 1.82) is 0 Å². The highest BCUT2D eigenvalue weighted by Gasteiger charge is 2.15. The van der Waals surface area contributed by atoms with E-state index < -0.39 is 5.97 Å². The zero-order chi connectivity index (χ0) is 17.6. The lowest BCUT2D eigenvalue weighted by Crippen LogP contribution is -2.15. The van der Waals surface area contributed by atoms with E-state index in [0.717, 1.165) is 11.1 Å². The Hall–Kier alpha value is -3.47. The van der Waals surface area contributed by atoms with Crippen LogP contribution in [0.15, 0.2) is 73.1 Å². The van der Waals surface area contributed by atoms with Crippen LogP contribution in [-0.2, 0) is 4.74 Å². The van der Waals surface area contributed by atoms with Crippen LogP contribution in [0, 0.1) is 0 Å². The Morgan fingerprint density at radius 1 is 0.920 bits per heavy atom. The molecular weight excluding hydrogens is 316 g/mol. The number of rotatable bonds is 4. The third-order valence-electron chi connectivity index (χ3n) is 3.69. The second kappa shape index (κ2) is 7.40. The lowest BCUT2D eigenvalue weighted by molar-refractivity contribution is 0.0602. The number of aromatic nitrogens is 1. The first kappa shape index (κ1) is 16.4. The molecule has 3 rings (SSSR count). The summed E-state index contributed by atoms with van der Waals surface area (Å²) in [4.78, 5) is 28.5. The minimum atomic E-state index is -0.507. The maximum atomic E-state index is 12.6. The molecule has 1 amide bonds. The summed E-state index contributed by atoms with van der Waals surface area (Å²) in [6.45, 7) is 0. The van der Waals surface area contributed by atoms with Gasteiger partial charge >= 0.3 is 5.97 Å². The van der Waals surface area contributed by atoms with Gasteiger partial charge in [0.15, 0.2) is 0 Å². The Morgan fingerprint density at radius 2 is 1.64 bits per heavy atom. The SMILES string of the molecule is COC(=O)c1ccccc1NC(=O)c1cncc(-c2ccccc2)c1. The van der Waals surface area contributed by atoms with Gasteiger partial charge in [-0.2, -0.15) is 0 Å². The van der Waals surface area contributed by atoms with Gasteiger partial charge in [-0.05, 0) is 23.8 Å². The van der Waals surface area contributed by atoms with E-state index in [1.165, 1.54) is 13.3 Å². The van der Waals surface area contributed by atoms with Gasteiger partial charge in [-0.25, -0.2) is 4.79 Å². The van der Waals surface area contributed by atoms with Gasteiger partial charge < -0.3 is 10.1 Å². The number of anilines is 1. The van der Waals surface area contributed by atoms with Crippen LogP contribution in [0.1, 0.15) is 20.7 Å². The quantitative estimate of drug-likeness (QED) is 0.738. The summed E-state index contributed by atoms with van der Waals surface area (Å²) in [5.41, 5.74) is 2.91. The van der Waals surface area contributed by atoms with Gasteiger partial charge in [0, 0.05) is 18.0 Å². The summed E-state index contributed by atoms with van der Waals surface area (Å²) in [7, 11) is 1.30. The molecule has 25 heavy (non-hydrogen) atoms. The number of nitrogens with zero attached hydrogens (tertiary/aromatic N) is 1. The van der Waals surface area contributed by atoms with Crippen LogP contribution in [0.25, 0.3) is 11.1 Å². The molecule has 0 bridgehead atoms. The maximum Gasteiger partial charge on any atom is 0.339 e. The predicted octanol–water partition coefficient (Wildman–Crippen LogP) is 3.79. The highest BCUT2D eigenvalue weighted by atomic mass is 16.5. The van der Waals surface area contributed by atoms with Crippen molar-refractivity contribution >= 4 is 17.6 Å². The zero-order valence-electron chi connectivity index (χ0n) is 13.6. The average molecular weight is 332 g/mol. The van der Waals surface area contributed by atoms with Gasteiger partial charge in [0.1, 0.15) is 0 Å². The summed E-state index contributed by atoms with van der Waals surface area (Å²) in [6, 6.07) is 18.1. The van der Waals surface area contributed by atoms with E-state index in [1.54, 1.807) is 36.5 Å². The number of carbonyl (C=O) groups excluding carboxylic acids is 2. The van der Waals surface area contributed by atoms with Crippen LogP contribution in [0.5, 0.6) is 0 Å². The number of benzene rings is 2. The number of amides is 1. The Morgan fingerprint density at radius 3 is 2.40 bits per heavy atom. The molecule has 0 saturated carbocycles. The van der Waals surface area contributed by atoms with Crippen molar-refractivity contribution in [2.45, 2.75) is 0 Å². The molecule has 0 aliphatic carbocycles. The highest BCUT2D eigenvalue weighted by molar-refractivity contribution is 6.08. The molecule has 0 atom stereocenters. The lowest BCUT2D eigenvalue weighted by atomic mass is 10.1. The van der Waals surface area contributed by atoms with E-state index in [0.29, 0.717) is 16.8 Å². The fourth-order valence-corrected chi connectivity index (χ4v) is 2.43. The molecule has 0 unspecified atom stereocenters. The molecule has 2 aromatic carbocycles. The van der Waals surface area contributed by atoms with Gasteiger partial charge in [-0.15, -0.1) is 0 Å². The number of pyridine rings is 1. The van der Waals surface area contributed by atoms with E-state index in [1.807, 2.05) is 30.3 Å². The van der Waals surface area contributed by atoms with Crippen molar-refractivity contribution in [2.75, 3.05) is 12.4 Å². The monoisotopic (exact) mass is 332 g/mol. The molecule has 5 nitrogen and oxygen atoms in total. The number of methoxy groups -OCH3 is 1. The first-order valence-electron chi connectivity index (χ1n) is 7.68. The van der Waals surface area contributed by atoms with Gasteiger partial charge in [0.05, 0.1) is 23.9 Å². The Kier molecular flexibility index (Phi) is 4.85. The van der Waals surface area contributed by atoms with Crippen LogP contribution in [-0.4, -0.2) is 24.0 Å². The largest absolute Gasteiger partial charge is 0.465 e. The fraction of sp³-hybridized carbons (Fsp3) is 0.0500. The predicted molar refractivity (Wildman–Crippen MR) is 95.4 cm³/mol. The van der Waals surface area contributed by atoms with Gasteiger partial charge in [0.2, 0.25) is 0 Å². The molecule has 3 aromatic rings. The number of hydrogen-bond donors (Lipinski definition) is 1. The van der Waals surface area contributed by atoms with E-state index in [9.17, 15) is 9.59 Å². The Bertz CT molecular complexity index is 908. The number of esters is 1. The van der Waals surface area contributed by atoms with E-state index in [4.69, 9.17) is 4.74 Å². The van der Waals surface area contributed by atoms with E-state index in [-0.39, 0.29) is 5.91 Å². The first-order valence-corrected chi connectivity index (χ1v) is 7.68. The first-order chi connectivity index (χ1) is 12.2. The van der Waals surface area contributed by atoms with Crippen molar-refractivity contribution < 1.29 is 14.3 Å². The Balaban J connectivity index is 1.87.